The number of fused-ring (bicyclic) bond motifs is 3. The number of piperidine rings is 1. The van der Waals surface area contributed by atoms with Crippen LogP contribution in [0.5, 0.6) is 0 Å². The van der Waals surface area contributed by atoms with E-state index in [1.165, 1.54) is 25.7 Å². The summed E-state index contributed by atoms with van der Waals surface area (Å²) in [4.78, 5) is 18.7. The first-order chi connectivity index (χ1) is 14.2. The van der Waals surface area contributed by atoms with Crippen LogP contribution in [0, 0.1) is 0 Å². The molecule has 0 aromatic carbocycles. The third-order valence-corrected chi connectivity index (χ3v) is 8.23. The number of halogens is 1. The van der Waals surface area contributed by atoms with E-state index in [0.717, 1.165) is 36.6 Å². The van der Waals surface area contributed by atoms with E-state index in [1.54, 1.807) is 28.9 Å². The molecule has 10 heteroatoms. The van der Waals surface area contributed by atoms with Crippen molar-refractivity contribution < 1.29 is 0 Å². The lowest BCUT2D eigenvalue weighted by Gasteiger charge is -2.35. The van der Waals surface area contributed by atoms with Crippen molar-refractivity contribution in [2.45, 2.75) is 43.8 Å². The Kier molecular flexibility index (Phi) is 5.22. The van der Waals surface area contributed by atoms with Gasteiger partial charge < -0.3 is 10.2 Å². The molecule has 2 fully saturated rings. The van der Waals surface area contributed by atoms with Crippen molar-refractivity contribution in [1.29, 1.82) is 0 Å². The van der Waals surface area contributed by atoms with Crippen LogP contribution in [0.3, 0.4) is 0 Å². The number of aromatic amines is 1. The molecule has 2 bridgehead atoms. The second-order valence-corrected chi connectivity index (χ2v) is 9.85. The molecule has 6 rings (SSSR count). The lowest BCUT2D eigenvalue weighted by Crippen LogP contribution is -2.47. The highest BCUT2D eigenvalue weighted by atomic mass is 35.5. The number of aromatic nitrogens is 5. The molecule has 0 aliphatic carbocycles. The summed E-state index contributed by atoms with van der Waals surface area (Å²) in [5, 5.41) is 12.6. The number of hydrogen-bond acceptors (Lipinski definition) is 8. The second-order valence-electron chi connectivity index (χ2n) is 7.92. The summed E-state index contributed by atoms with van der Waals surface area (Å²) in [7, 11) is 2.19. The van der Waals surface area contributed by atoms with Gasteiger partial charge in [0.2, 0.25) is 0 Å². The van der Waals surface area contributed by atoms with Gasteiger partial charge in [-0.25, -0.2) is 9.97 Å². The van der Waals surface area contributed by atoms with E-state index in [2.05, 4.69) is 38.5 Å². The van der Waals surface area contributed by atoms with Gasteiger partial charge in [0.25, 0.3) is 0 Å². The Morgan fingerprint density at radius 3 is 2.47 bits per heavy atom. The topological polar surface area (TPSA) is 82.6 Å². The highest BCUT2D eigenvalue weighted by molar-refractivity contribution is 7.29. The van der Waals surface area contributed by atoms with Gasteiger partial charge in [0, 0.05) is 48.7 Å². The van der Waals surface area contributed by atoms with E-state index < -0.39 is 0 Å². The van der Waals surface area contributed by atoms with Crippen LogP contribution in [-0.4, -0.2) is 50.3 Å². The van der Waals surface area contributed by atoms with Crippen LogP contribution in [0.15, 0.2) is 30.7 Å². The summed E-state index contributed by atoms with van der Waals surface area (Å²) < 4.78 is 0. The summed E-state index contributed by atoms with van der Waals surface area (Å²) in [6.07, 6.45) is 10.6. The first-order valence-electron chi connectivity index (χ1n) is 9.95. The van der Waals surface area contributed by atoms with E-state index in [4.69, 9.17) is 9.97 Å². The van der Waals surface area contributed by atoms with Crippen molar-refractivity contribution >= 4 is 49.9 Å². The van der Waals surface area contributed by atoms with Gasteiger partial charge in [-0.2, -0.15) is 5.10 Å². The minimum absolute atomic E-state index is 0. The molecule has 2 aliphatic heterocycles. The van der Waals surface area contributed by atoms with Crippen LogP contribution in [-0.2, 0) is 0 Å². The summed E-state index contributed by atoms with van der Waals surface area (Å²) in [5.41, 5.74) is 2.91. The SMILES string of the molecule is CN(c1nc2sc(-c3ccc(-c4cn[nH]c4)nc3)nc2s1)C1C[C@H]2CC[C@@H](C1)N2.Cl. The largest absolute Gasteiger partial charge is 0.348 e. The fraction of sp³-hybridized carbons (Fsp3) is 0.400. The summed E-state index contributed by atoms with van der Waals surface area (Å²) in [6, 6.07) is 6.02. The standard InChI is InChI=1S/C20H21N7S2.ClH/c1-27(15-6-13-3-4-14(7-15)24-13)20-26-19-18(29-20)25-17(28-19)11-2-5-16(21-8-11)12-9-22-23-10-12;/h2,5,8-10,13-15,24H,3-4,6-7H2,1H3,(H,22,23);1H/t13-,14+,15?;. The van der Waals surface area contributed by atoms with Crippen LogP contribution in [0.4, 0.5) is 5.13 Å². The lowest BCUT2D eigenvalue weighted by molar-refractivity contribution is 0.354. The number of pyridine rings is 1. The minimum atomic E-state index is 0. The number of nitrogens with one attached hydrogen (secondary N) is 2. The van der Waals surface area contributed by atoms with E-state index >= 15 is 0 Å². The molecule has 2 aliphatic rings. The van der Waals surface area contributed by atoms with Crippen molar-refractivity contribution in [1.82, 2.24) is 30.5 Å². The maximum absolute atomic E-state index is 4.91. The third kappa shape index (κ3) is 3.49. The minimum Gasteiger partial charge on any atom is -0.348 e. The van der Waals surface area contributed by atoms with Crippen LogP contribution in [0.2, 0.25) is 0 Å². The molecule has 4 aromatic heterocycles. The van der Waals surface area contributed by atoms with Crippen LogP contribution < -0.4 is 10.2 Å². The quantitative estimate of drug-likeness (QED) is 0.472. The van der Waals surface area contributed by atoms with Gasteiger partial charge in [0.05, 0.1) is 11.9 Å². The first-order valence-corrected chi connectivity index (χ1v) is 11.6. The molecule has 0 radical (unpaired) electrons. The fourth-order valence-electron chi connectivity index (χ4n) is 4.49. The molecule has 2 N–H and O–H groups in total. The Hall–Kier alpha value is -2.07. The normalized spacial score (nSPS) is 22.9. The predicted octanol–water partition coefficient (Wildman–Crippen LogP) is 4.35. The molecule has 0 saturated carbocycles. The van der Waals surface area contributed by atoms with E-state index in [1.807, 2.05) is 18.5 Å². The molecule has 0 amide bonds. The summed E-state index contributed by atoms with van der Waals surface area (Å²) in [5.74, 6) is 0. The summed E-state index contributed by atoms with van der Waals surface area (Å²) >= 11 is 3.34. The van der Waals surface area contributed by atoms with E-state index in [-0.39, 0.29) is 12.4 Å². The van der Waals surface area contributed by atoms with Gasteiger partial charge >= 0.3 is 0 Å². The number of H-pyrrole nitrogens is 1. The van der Waals surface area contributed by atoms with Crippen molar-refractivity contribution in [2.75, 3.05) is 11.9 Å². The van der Waals surface area contributed by atoms with Crippen LogP contribution in [0.25, 0.3) is 31.5 Å². The van der Waals surface area contributed by atoms with E-state index in [9.17, 15) is 0 Å². The monoisotopic (exact) mass is 459 g/mol. The number of nitrogens with zero attached hydrogens (tertiary/aromatic N) is 5. The molecule has 6 heterocycles. The van der Waals surface area contributed by atoms with Crippen LogP contribution >= 0.6 is 35.1 Å². The second kappa shape index (κ2) is 7.88. The fourth-order valence-corrected chi connectivity index (χ4v) is 6.55. The molecule has 3 atom stereocenters. The van der Waals surface area contributed by atoms with Gasteiger partial charge in [0.1, 0.15) is 5.01 Å². The zero-order chi connectivity index (χ0) is 19.4. The number of rotatable bonds is 4. The predicted molar refractivity (Wildman–Crippen MR) is 125 cm³/mol. The van der Waals surface area contributed by atoms with Gasteiger partial charge in [-0.05, 0) is 37.8 Å². The van der Waals surface area contributed by atoms with E-state index in [0.29, 0.717) is 18.1 Å². The van der Waals surface area contributed by atoms with Gasteiger partial charge in [-0.15, -0.1) is 12.4 Å². The third-order valence-electron chi connectivity index (χ3n) is 6.07. The molecule has 30 heavy (non-hydrogen) atoms. The zero-order valence-electron chi connectivity index (χ0n) is 16.4. The first kappa shape index (κ1) is 19.9. The van der Waals surface area contributed by atoms with Crippen molar-refractivity contribution in [2.24, 2.45) is 0 Å². The van der Waals surface area contributed by atoms with Gasteiger partial charge in [-0.3, -0.25) is 10.1 Å². The van der Waals surface area contributed by atoms with Crippen molar-refractivity contribution in [3.63, 3.8) is 0 Å². The van der Waals surface area contributed by atoms with Gasteiger partial charge in [0.15, 0.2) is 14.8 Å². The zero-order valence-corrected chi connectivity index (χ0v) is 18.9. The summed E-state index contributed by atoms with van der Waals surface area (Å²) in [6.45, 7) is 0. The Balaban J connectivity index is 0.00000193. The maximum Gasteiger partial charge on any atom is 0.188 e. The van der Waals surface area contributed by atoms with Crippen molar-refractivity contribution in [3.8, 4) is 21.8 Å². The molecule has 1 unspecified atom stereocenters. The maximum atomic E-state index is 4.91. The molecule has 4 aromatic rings. The average Bonchev–Trinajstić information content (AvgIpc) is 3.51. The Morgan fingerprint density at radius 2 is 1.80 bits per heavy atom. The smallest absolute Gasteiger partial charge is 0.188 e. The van der Waals surface area contributed by atoms with Crippen molar-refractivity contribution in [3.05, 3.63) is 30.7 Å². The van der Waals surface area contributed by atoms with Crippen LogP contribution in [0.1, 0.15) is 25.7 Å². The molecule has 7 nitrogen and oxygen atoms in total. The Morgan fingerprint density at radius 1 is 1.00 bits per heavy atom. The average molecular weight is 460 g/mol. The molecular weight excluding hydrogens is 438 g/mol. The highest BCUT2D eigenvalue weighted by Gasteiger charge is 2.36. The molecular formula is C20H22ClN7S2. The number of anilines is 1. The molecule has 2 saturated heterocycles. The number of thiazole rings is 2. The number of hydrogen-bond donors (Lipinski definition) is 2. The molecule has 156 valence electrons. The Labute approximate surface area is 188 Å². The highest BCUT2D eigenvalue weighted by Crippen LogP contribution is 2.38. The Bertz CT molecular complexity index is 1090. The lowest BCUT2D eigenvalue weighted by atomic mass is 9.99. The molecule has 0 spiro atoms. The van der Waals surface area contributed by atoms with Gasteiger partial charge in [-0.1, -0.05) is 22.7 Å².